The van der Waals surface area contributed by atoms with Crippen molar-refractivity contribution in [2.24, 2.45) is 5.92 Å². The van der Waals surface area contributed by atoms with Gasteiger partial charge in [-0.1, -0.05) is 19.8 Å². The number of hydrogen-bond donors (Lipinski definition) is 2. The first-order valence-electron chi connectivity index (χ1n) is 8.01. The second kappa shape index (κ2) is 7.41. The summed E-state index contributed by atoms with van der Waals surface area (Å²) in [7, 11) is 0. The highest BCUT2D eigenvalue weighted by molar-refractivity contribution is 5.61. The first kappa shape index (κ1) is 15.0. The summed E-state index contributed by atoms with van der Waals surface area (Å²) in [5.41, 5.74) is 7.75. The lowest BCUT2D eigenvalue weighted by Gasteiger charge is -2.29. The van der Waals surface area contributed by atoms with Crippen molar-refractivity contribution >= 4 is 11.4 Å². The lowest BCUT2D eigenvalue weighted by atomic mass is 9.83. The summed E-state index contributed by atoms with van der Waals surface area (Å²) in [6.07, 6.45) is 7.98. The SMILES string of the molecule is CCCC1CCC(Nc2ccc(N)c(OCC)c2)CC1. The Hall–Kier alpha value is -1.38. The van der Waals surface area contributed by atoms with Crippen molar-refractivity contribution in [3.63, 3.8) is 0 Å². The van der Waals surface area contributed by atoms with Gasteiger partial charge in [0.2, 0.25) is 0 Å². The number of nitrogens with one attached hydrogen (secondary N) is 1. The third-order valence-electron chi connectivity index (χ3n) is 4.23. The molecule has 1 saturated carbocycles. The monoisotopic (exact) mass is 276 g/mol. The van der Waals surface area contributed by atoms with E-state index in [-0.39, 0.29) is 0 Å². The van der Waals surface area contributed by atoms with Crippen molar-refractivity contribution in [2.75, 3.05) is 17.7 Å². The zero-order chi connectivity index (χ0) is 14.4. The minimum absolute atomic E-state index is 0.598. The summed E-state index contributed by atoms with van der Waals surface area (Å²) in [6.45, 7) is 4.91. The quantitative estimate of drug-likeness (QED) is 0.755. The molecule has 3 heteroatoms. The Morgan fingerprint density at radius 2 is 1.95 bits per heavy atom. The standard InChI is InChI=1S/C17H28N2O/c1-3-5-13-6-8-14(9-7-13)19-15-10-11-16(18)17(12-15)20-4-2/h10-14,19H,3-9,18H2,1-2H3. The maximum atomic E-state index is 5.91. The molecule has 2 rings (SSSR count). The Morgan fingerprint density at radius 1 is 1.20 bits per heavy atom. The molecule has 0 amide bonds. The van der Waals surface area contributed by atoms with Gasteiger partial charge in [0.15, 0.2) is 0 Å². The molecule has 20 heavy (non-hydrogen) atoms. The molecule has 1 aliphatic rings. The largest absolute Gasteiger partial charge is 0.492 e. The maximum absolute atomic E-state index is 5.91. The highest BCUT2D eigenvalue weighted by atomic mass is 16.5. The van der Waals surface area contributed by atoms with E-state index in [0.717, 1.165) is 17.4 Å². The minimum atomic E-state index is 0.598. The van der Waals surface area contributed by atoms with E-state index in [1.807, 2.05) is 19.1 Å². The number of hydrogen-bond acceptors (Lipinski definition) is 3. The van der Waals surface area contributed by atoms with Crippen molar-refractivity contribution in [2.45, 2.75) is 58.4 Å². The zero-order valence-corrected chi connectivity index (χ0v) is 12.8. The molecule has 0 aromatic heterocycles. The van der Waals surface area contributed by atoms with Gasteiger partial charge in [-0.2, -0.15) is 0 Å². The van der Waals surface area contributed by atoms with E-state index in [1.165, 1.54) is 38.5 Å². The van der Waals surface area contributed by atoms with Gasteiger partial charge in [0.05, 0.1) is 12.3 Å². The van der Waals surface area contributed by atoms with Crippen LogP contribution >= 0.6 is 0 Å². The van der Waals surface area contributed by atoms with E-state index in [4.69, 9.17) is 10.5 Å². The first-order chi connectivity index (χ1) is 9.72. The highest BCUT2D eigenvalue weighted by Crippen LogP contribution is 2.31. The Labute approximate surface area is 122 Å². The van der Waals surface area contributed by atoms with E-state index < -0.39 is 0 Å². The molecular formula is C17H28N2O. The van der Waals surface area contributed by atoms with Crippen molar-refractivity contribution in [3.8, 4) is 5.75 Å². The molecular weight excluding hydrogens is 248 g/mol. The van der Waals surface area contributed by atoms with E-state index in [1.54, 1.807) is 0 Å². The van der Waals surface area contributed by atoms with Crippen molar-refractivity contribution < 1.29 is 4.74 Å². The molecule has 1 fully saturated rings. The number of nitrogens with two attached hydrogens (primary N) is 1. The number of nitrogen functional groups attached to an aromatic ring is 1. The third kappa shape index (κ3) is 4.06. The second-order valence-electron chi connectivity index (χ2n) is 5.84. The van der Waals surface area contributed by atoms with Crippen LogP contribution in [0, 0.1) is 5.92 Å². The molecule has 1 aromatic carbocycles. The van der Waals surface area contributed by atoms with E-state index in [9.17, 15) is 0 Å². The zero-order valence-electron chi connectivity index (χ0n) is 12.8. The van der Waals surface area contributed by atoms with Gasteiger partial charge < -0.3 is 15.8 Å². The summed E-state index contributed by atoms with van der Waals surface area (Å²) < 4.78 is 5.55. The van der Waals surface area contributed by atoms with Crippen LogP contribution in [-0.2, 0) is 0 Å². The average molecular weight is 276 g/mol. The highest BCUT2D eigenvalue weighted by Gasteiger charge is 2.20. The number of benzene rings is 1. The van der Waals surface area contributed by atoms with Crippen LogP contribution in [0.3, 0.4) is 0 Å². The van der Waals surface area contributed by atoms with Crippen LogP contribution in [0.5, 0.6) is 5.75 Å². The topological polar surface area (TPSA) is 47.3 Å². The summed E-state index contributed by atoms with van der Waals surface area (Å²) in [4.78, 5) is 0. The second-order valence-corrected chi connectivity index (χ2v) is 5.84. The normalized spacial score (nSPS) is 22.5. The van der Waals surface area contributed by atoms with Crippen LogP contribution in [0.4, 0.5) is 11.4 Å². The van der Waals surface area contributed by atoms with Crippen LogP contribution in [0.2, 0.25) is 0 Å². The van der Waals surface area contributed by atoms with Crippen LogP contribution in [0.1, 0.15) is 52.4 Å². The summed E-state index contributed by atoms with van der Waals surface area (Å²) in [5, 5.41) is 3.63. The molecule has 0 radical (unpaired) electrons. The fraction of sp³-hybridized carbons (Fsp3) is 0.647. The Balaban J connectivity index is 1.89. The fourth-order valence-corrected chi connectivity index (χ4v) is 3.14. The maximum Gasteiger partial charge on any atom is 0.144 e. The van der Waals surface area contributed by atoms with E-state index in [0.29, 0.717) is 18.3 Å². The number of anilines is 2. The lowest BCUT2D eigenvalue weighted by molar-refractivity contribution is 0.318. The van der Waals surface area contributed by atoms with E-state index in [2.05, 4.69) is 18.3 Å². The molecule has 0 spiro atoms. The van der Waals surface area contributed by atoms with Gasteiger partial charge in [-0.25, -0.2) is 0 Å². The molecule has 0 atom stereocenters. The molecule has 0 bridgehead atoms. The predicted molar refractivity (Wildman–Crippen MR) is 86.3 cm³/mol. The Kier molecular flexibility index (Phi) is 5.57. The fourth-order valence-electron chi connectivity index (χ4n) is 3.14. The van der Waals surface area contributed by atoms with Gasteiger partial charge in [0, 0.05) is 17.8 Å². The van der Waals surface area contributed by atoms with Gasteiger partial charge in [-0.05, 0) is 50.7 Å². The smallest absolute Gasteiger partial charge is 0.144 e. The molecule has 3 nitrogen and oxygen atoms in total. The van der Waals surface area contributed by atoms with E-state index >= 15 is 0 Å². The molecule has 3 N–H and O–H groups in total. The summed E-state index contributed by atoms with van der Waals surface area (Å²) >= 11 is 0. The number of ether oxygens (including phenoxy) is 1. The van der Waals surface area contributed by atoms with Crippen LogP contribution in [0.15, 0.2) is 18.2 Å². The molecule has 0 saturated heterocycles. The van der Waals surface area contributed by atoms with Crippen molar-refractivity contribution in [1.29, 1.82) is 0 Å². The third-order valence-corrected chi connectivity index (χ3v) is 4.23. The van der Waals surface area contributed by atoms with Gasteiger partial charge in [0.1, 0.15) is 5.75 Å². The Bertz CT molecular complexity index is 411. The van der Waals surface area contributed by atoms with Crippen LogP contribution in [0.25, 0.3) is 0 Å². The molecule has 1 aliphatic carbocycles. The molecule has 112 valence electrons. The van der Waals surface area contributed by atoms with Gasteiger partial charge in [0.25, 0.3) is 0 Å². The molecule has 1 aromatic rings. The van der Waals surface area contributed by atoms with Gasteiger partial charge >= 0.3 is 0 Å². The molecule has 0 aliphatic heterocycles. The lowest BCUT2D eigenvalue weighted by Crippen LogP contribution is -2.26. The van der Waals surface area contributed by atoms with Gasteiger partial charge in [-0.3, -0.25) is 0 Å². The van der Waals surface area contributed by atoms with Crippen LogP contribution in [-0.4, -0.2) is 12.6 Å². The molecule has 0 unspecified atom stereocenters. The van der Waals surface area contributed by atoms with Crippen LogP contribution < -0.4 is 15.8 Å². The molecule has 0 heterocycles. The van der Waals surface area contributed by atoms with Gasteiger partial charge in [-0.15, -0.1) is 0 Å². The van der Waals surface area contributed by atoms with Crippen molar-refractivity contribution in [3.05, 3.63) is 18.2 Å². The minimum Gasteiger partial charge on any atom is -0.492 e. The average Bonchev–Trinajstić information content (AvgIpc) is 2.45. The number of rotatable bonds is 6. The Morgan fingerprint density at radius 3 is 2.60 bits per heavy atom. The summed E-state index contributed by atoms with van der Waals surface area (Å²) in [5.74, 6) is 1.74. The first-order valence-corrected chi connectivity index (χ1v) is 8.01. The predicted octanol–water partition coefficient (Wildman–Crippen LogP) is 4.44. The summed E-state index contributed by atoms with van der Waals surface area (Å²) in [6, 6.07) is 6.60. The van der Waals surface area contributed by atoms with Crippen molar-refractivity contribution in [1.82, 2.24) is 0 Å².